The molecule has 28 heavy (non-hydrogen) atoms. The molecule has 2 aromatic rings. The second-order valence-electron chi connectivity index (χ2n) is 6.13. The number of nitrogens with two attached hydrogens (primary N) is 1. The summed E-state index contributed by atoms with van der Waals surface area (Å²) < 4.78 is 55.9. The minimum absolute atomic E-state index is 0.0528. The SMILES string of the molecule is COc1nc(N)nc2c1n(CCC(F)(F)F)c(=O)n2C1OCCC1OC(C)=O. The zero-order valence-electron chi connectivity index (χ0n) is 15.0. The van der Waals surface area contributed by atoms with Crippen molar-refractivity contribution in [2.75, 3.05) is 19.5 Å². The molecule has 2 atom stereocenters. The fraction of sp³-hybridized carbons (Fsp3) is 0.600. The second-order valence-corrected chi connectivity index (χ2v) is 6.13. The minimum Gasteiger partial charge on any atom is -0.479 e. The van der Waals surface area contributed by atoms with Gasteiger partial charge in [0.2, 0.25) is 11.8 Å². The van der Waals surface area contributed by atoms with Gasteiger partial charge in [-0.1, -0.05) is 0 Å². The van der Waals surface area contributed by atoms with Crippen molar-refractivity contribution in [2.24, 2.45) is 0 Å². The van der Waals surface area contributed by atoms with Crippen molar-refractivity contribution in [3.05, 3.63) is 10.5 Å². The summed E-state index contributed by atoms with van der Waals surface area (Å²) in [6.45, 7) is 0.705. The summed E-state index contributed by atoms with van der Waals surface area (Å²) in [7, 11) is 1.24. The molecule has 10 nitrogen and oxygen atoms in total. The number of carbonyl (C=O) groups is 1. The molecule has 1 aliphatic rings. The van der Waals surface area contributed by atoms with Crippen LogP contribution < -0.4 is 16.2 Å². The van der Waals surface area contributed by atoms with Gasteiger partial charge < -0.3 is 19.9 Å². The largest absolute Gasteiger partial charge is 0.479 e. The van der Waals surface area contributed by atoms with Crippen LogP contribution in [-0.4, -0.2) is 51.1 Å². The number of rotatable bonds is 5. The molecule has 13 heteroatoms. The number of anilines is 1. The summed E-state index contributed by atoms with van der Waals surface area (Å²) in [6, 6.07) is 0. The maximum absolute atomic E-state index is 13.0. The van der Waals surface area contributed by atoms with Gasteiger partial charge in [-0.25, -0.2) is 9.36 Å². The lowest BCUT2D eigenvalue weighted by Crippen LogP contribution is -2.34. The fourth-order valence-electron chi connectivity index (χ4n) is 3.10. The first kappa shape index (κ1) is 19.9. The Labute approximate surface area is 156 Å². The third-order valence-electron chi connectivity index (χ3n) is 4.18. The first-order chi connectivity index (χ1) is 13.1. The molecule has 0 amide bonds. The Bertz CT molecular complexity index is 954. The highest BCUT2D eigenvalue weighted by molar-refractivity contribution is 5.78. The number of aryl methyl sites for hydroxylation is 1. The quantitative estimate of drug-likeness (QED) is 0.731. The van der Waals surface area contributed by atoms with Crippen LogP contribution in [0.25, 0.3) is 11.2 Å². The van der Waals surface area contributed by atoms with E-state index in [1.807, 2.05) is 0 Å². The minimum atomic E-state index is -4.49. The highest BCUT2D eigenvalue weighted by Gasteiger charge is 2.37. The summed E-state index contributed by atoms with van der Waals surface area (Å²) in [4.78, 5) is 32.1. The Hall–Kier alpha value is -2.83. The molecule has 0 aliphatic carbocycles. The Kier molecular flexibility index (Phi) is 5.19. The van der Waals surface area contributed by atoms with E-state index in [9.17, 15) is 22.8 Å². The van der Waals surface area contributed by atoms with E-state index in [4.69, 9.17) is 19.9 Å². The van der Waals surface area contributed by atoms with Crippen LogP contribution in [0.3, 0.4) is 0 Å². The topological polar surface area (TPSA) is 123 Å². The van der Waals surface area contributed by atoms with Gasteiger partial charge in [0, 0.05) is 19.9 Å². The lowest BCUT2D eigenvalue weighted by atomic mass is 10.2. The third kappa shape index (κ3) is 3.74. The van der Waals surface area contributed by atoms with E-state index >= 15 is 0 Å². The number of hydrogen-bond donors (Lipinski definition) is 1. The molecule has 2 aromatic heterocycles. The van der Waals surface area contributed by atoms with Crippen molar-refractivity contribution in [2.45, 2.75) is 44.8 Å². The molecular weight excluding hydrogens is 387 g/mol. The van der Waals surface area contributed by atoms with Crippen LogP contribution in [0.5, 0.6) is 5.88 Å². The number of nitrogens with zero attached hydrogens (tertiary/aromatic N) is 4. The maximum Gasteiger partial charge on any atom is 0.390 e. The van der Waals surface area contributed by atoms with Crippen molar-refractivity contribution < 1.29 is 32.2 Å². The Morgan fingerprint density at radius 1 is 1.39 bits per heavy atom. The van der Waals surface area contributed by atoms with E-state index in [2.05, 4.69) is 9.97 Å². The number of ether oxygens (including phenoxy) is 3. The number of esters is 1. The van der Waals surface area contributed by atoms with Crippen LogP contribution in [0.4, 0.5) is 19.1 Å². The van der Waals surface area contributed by atoms with Crippen molar-refractivity contribution in [1.82, 2.24) is 19.1 Å². The predicted molar refractivity (Wildman–Crippen MR) is 88.6 cm³/mol. The lowest BCUT2D eigenvalue weighted by Gasteiger charge is -2.19. The van der Waals surface area contributed by atoms with Crippen molar-refractivity contribution in [1.29, 1.82) is 0 Å². The van der Waals surface area contributed by atoms with E-state index in [1.165, 1.54) is 14.0 Å². The highest BCUT2D eigenvalue weighted by atomic mass is 19.4. The molecule has 3 rings (SSSR count). The van der Waals surface area contributed by atoms with Gasteiger partial charge in [-0.3, -0.25) is 9.36 Å². The number of hydrogen-bond acceptors (Lipinski definition) is 8. The van der Waals surface area contributed by atoms with Crippen LogP contribution in [0, 0.1) is 0 Å². The van der Waals surface area contributed by atoms with Gasteiger partial charge in [0.1, 0.15) is 6.10 Å². The van der Waals surface area contributed by atoms with Gasteiger partial charge in [0.05, 0.1) is 20.1 Å². The normalized spacial score (nSPS) is 19.9. The van der Waals surface area contributed by atoms with Gasteiger partial charge in [0.25, 0.3) is 0 Å². The third-order valence-corrected chi connectivity index (χ3v) is 4.18. The molecule has 1 fully saturated rings. The molecule has 1 saturated heterocycles. The first-order valence-corrected chi connectivity index (χ1v) is 8.30. The van der Waals surface area contributed by atoms with Gasteiger partial charge in [-0.05, 0) is 0 Å². The van der Waals surface area contributed by atoms with Crippen LogP contribution in [0.1, 0.15) is 26.0 Å². The average Bonchev–Trinajstić information content (AvgIpc) is 3.12. The number of nitrogen functional groups attached to an aromatic ring is 1. The molecule has 0 spiro atoms. The molecule has 154 valence electrons. The number of aromatic nitrogens is 4. The van der Waals surface area contributed by atoms with E-state index in [-0.39, 0.29) is 29.6 Å². The summed E-state index contributed by atoms with van der Waals surface area (Å²) in [5.74, 6) is -0.975. The Balaban J connectivity index is 2.19. The van der Waals surface area contributed by atoms with Crippen LogP contribution >= 0.6 is 0 Å². The van der Waals surface area contributed by atoms with Gasteiger partial charge in [0.15, 0.2) is 17.4 Å². The zero-order valence-corrected chi connectivity index (χ0v) is 15.0. The molecule has 0 aromatic carbocycles. The van der Waals surface area contributed by atoms with Crippen LogP contribution in [0.2, 0.25) is 0 Å². The number of carbonyl (C=O) groups excluding carboxylic acids is 1. The molecule has 0 saturated carbocycles. The van der Waals surface area contributed by atoms with E-state index in [1.54, 1.807) is 0 Å². The van der Waals surface area contributed by atoms with Crippen molar-refractivity contribution in [3.63, 3.8) is 0 Å². The standard InChI is InChI=1S/C15H18F3N5O5/c1-7(24)28-8-3-6-27-12(8)23-10-9(11(26-2)21-13(19)20-10)22(14(23)25)5-4-15(16,17)18/h8,12H,3-6H2,1-2H3,(H2,19,20,21). The number of halogens is 3. The summed E-state index contributed by atoms with van der Waals surface area (Å²) in [5, 5.41) is 0. The molecule has 3 heterocycles. The van der Waals surface area contributed by atoms with Crippen molar-refractivity contribution in [3.8, 4) is 5.88 Å². The zero-order chi connectivity index (χ0) is 20.6. The highest BCUT2D eigenvalue weighted by Crippen LogP contribution is 2.32. The summed E-state index contributed by atoms with van der Waals surface area (Å²) >= 11 is 0. The van der Waals surface area contributed by atoms with Gasteiger partial charge in [-0.15, -0.1) is 0 Å². The maximum atomic E-state index is 13.0. The molecule has 0 bridgehead atoms. The van der Waals surface area contributed by atoms with Gasteiger partial charge in [-0.2, -0.15) is 23.1 Å². The molecule has 2 N–H and O–H groups in total. The predicted octanol–water partition coefficient (Wildman–Crippen LogP) is 0.987. The van der Waals surface area contributed by atoms with Crippen LogP contribution in [-0.2, 0) is 20.8 Å². The smallest absolute Gasteiger partial charge is 0.390 e. The lowest BCUT2D eigenvalue weighted by molar-refractivity contribution is -0.151. The summed E-state index contributed by atoms with van der Waals surface area (Å²) in [6.07, 6.45) is -7.30. The fourth-order valence-corrected chi connectivity index (χ4v) is 3.10. The molecule has 0 radical (unpaired) electrons. The molecule has 2 unspecified atom stereocenters. The first-order valence-electron chi connectivity index (χ1n) is 8.30. The number of imidazole rings is 1. The van der Waals surface area contributed by atoms with Crippen LogP contribution in [0.15, 0.2) is 4.79 Å². The van der Waals surface area contributed by atoms with E-state index in [0.29, 0.717) is 6.42 Å². The Morgan fingerprint density at radius 3 is 2.71 bits per heavy atom. The van der Waals surface area contributed by atoms with Gasteiger partial charge >= 0.3 is 17.8 Å². The molecule has 1 aliphatic heterocycles. The Morgan fingerprint density at radius 2 is 2.11 bits per heavy atom. The number of fused-ring (bicyclic) bond motifs is 1. The monoisotopic (exact) mass is 405 g/mol. The molecular formula is C15H18F3N5O5. The average molecular weight is 405 g/mol. The number of methoxy groups -OCH3 is 1. The van der Waals surface area contributed by atoms with Crippen molar-refractivity contribution >= 4 is 23.1 Å². The summed E-state index contributed by atoms with van der Waals surface area (Å²) in [5.41, 5.74) is 4.70. The second kappa shape index (κ2) is 7.30. The number of alkyl halides is 3. The van der Waals surface area contributed by atoms with E-state index < -0.39 is 43.1 Å². The van der Waals surface area contributed by atoms with E-state index in [0.717, 1.165) is 9.13 Å².